The highest BCUT2D eigenvalue weighted by molar-refractivity contribution is 7.99. The van der Waals surface area contributed by atoms with Gasteiger partial charge in [-0.05, 0) is 35.4 Å². The van der Waals surface area contributed by atoms with E-state index in [0.29, 0.717) is 61.3 Å². The van der Waals surface area contributed by atoms with Crippen molar-refractivity contribution in [3.63, 3.8) is 0 Å². The lowest BCUT2D eigenvalue weighted by atomic mass is 10.0. The number of rotatable bonds is 9. The van der Waals surface area contributed by atoms with E-state index in [1.807, 2.05) is 0 Å². The minimum atomic E-state index is -0.771. The molecule has 0 saturated carbocycles. The number of hydrogen-bond donors (Lipinski definition) is 3. The van der Waals surface area contributed by atoms with Crippen LogP contribution in [0.15, 0.2) is 24.3 Å². The molecule has 0 bridgehead atoms. The third-order valence-corrected chi connectivity index (χ3v) is 7.20. The summed E-state index contributed by atoms with van der Waals surface area (Å²) in [6.45, 7) is 5.74. The molecule has 8 nitrogen and oxygen atoms in total. The van der Waals surface area contributed by atoms with Gasteiger partial charge in [-0.1, -0.05) is 19.9 Å². The topological polar surface area (TPSA) is 110 Å². The Kier molecular flexibility index (Phi) is 8.81. The Labute approximate surface area is 214 Å². The average molecular weight is 518 g/mol. The van der Waals surface area contributed by atoms with Crippen molar-refractivity contribution in [2.75, 3.05) is 32.1 Å². The smallest absolute Gasteiger partial charge is 0.270 e. The van der Waals surface area contributed by atoms with Crippen LogP contribution in [0.4, 0.5) is 4.39 Å². The first-order valence-electron chi connectivity index (χ1n) is 12.2. The standard InChI is InChI=1S/C26H32FN3O5S/c1-15(2)36-10-7-28-25(32)18-4-3-16(12-19(18)27)11-17-13-22(29-21-6-9-35-24(17)21)26(33)30-20-5-8-34-14-23(20)31/h3-4,12-13,15,20,23,31H,5-11,14H2,1-2H3,(H,28,32)(H,30,33)/t20-,23-/m0/s1. The highest BCUT2D eigenvalue weighted by atomic mass is 32.2. The zero-order valence-corrected chi connectivity index (χ0v) is 21.3. The molecule has 2 aliphatic rings. The van der Waals surface area contributed by atoms with E-state index in [1.165, 1.54) is 12.1 Å². The number of hydrogen-bond acceptors (Lipinski definition) is 7. The van der Waals surface area contributed by atoms with Gasteiger partial charge in [-0.2, -0.15) is 11.8 Å². The molecule has 0 unspecified atom stereocenters. The molecule has 1 fully saturated rings. The second kappa shape index (κ2) is 12.0. The van der Waals surface area contributed by atoms with Crippen LogP contribution in [0.3, 0.4) is 0 Å². The molecule has 3 heterocycles. The van der Waals surface area contributed by atoms with Crippen LogP contribution >= 0.6 is 11.8 Å². The Bertz CT molecular complexity index is 1110. The van der Waals surface area contributed by atoms with Crippen LogP contribution in [0, 0.1) is 5.82 Å². The Morgan fingerprint density at radius 2 is 2.08 bits per heavy atom. The highest BCUT2D eigenvalue weighted by Crippen LogP contribution is 2.31. The Hall–Kier alpha value is -2.69. The zero-order chi connectivity index (χ0) is 25.7. The van der Waals surface area contributed by atoms with Crippen LogP contribution in [-0.2, 0) is 17.6 Å². The number of aliphatic hydroxyl groups is 1. The zero-order valence-electron chi connectivity index (χ0n) is 20.5. The summed E-state index contributed by atoms with van der Waals surface area (Å²) in [5, 5.41) is 16.2. The summed E-state index contributed by atoms with van der Waals surface area (Å²) in [6.07, 6.45) is 0.636. The Morgan fingerprint density at radius 3 is 2.83 bits per heavy atom. The van der Waals surface area contributed by atoms with Crippen LogP contribution in [-0.4, -0.2) is 71.4 Å². The molecular formula is C26H32FN3O5S. The molecule has 0 spiro atoms. The number of aliphatic hydroxyl groups excluding tert-OH is 1. The number of fused-ring (bicyclic) bond motifs is 1. The molecule has 2 aliphatic heterocycles. The van der Waals surface area contributed by atoms with Gasteiger partial charge in [0.05, 0.1) is 36.6 Å². The van der Waals surface area contributed by atoms with Gasteiger partial charge in [-0.15, -0.1) is 0 Å². The first kappa shape index (κ1) is 26.4. The van der Waals surface area contributed by atoms with Crippen molar-refractivity contribution in [3.8, 4) is 5.75 Å². The number of benzene rings is 1. The Morgan fingerprint density at radius 1 is 1.25 bits per heavy atom. The summed E-state index contributed by atoms with van der Waals surface area (Å²) in [4.78, 5) is 29.8. The van der Waals surface area contributed by atoms with E-state index < -0.39 is 23.9 Å². The summed E-state index contributed by atoms with van der Waals surface area (Å²) in [7, 11) is 0. The lowest BCUT2D eigenvalue weighted by Crippen LogP contribution is -2.48. The molecule has 1 saturated heterocycles. The molecule has 10 heteroatoms. The van der Waals surface area contributed by atoms with Crippen LogP contribution in [0.2, 0.25) is 0 Å². The highest BCUT2D eigenvalue weighted by Gasteiger charge is 2.28. The molecular weight excluding hydrogens is 485 g/mol. The van der Waals surface area contributed by atoms with Crippen LogP contribution < -0.4 is 15.4 Å². The number of carbonyl (C=O) groups is 2. The lowest BCUT2D eigenvalue weighted by Gasteiger charge is -2.28. The van der Waals surface area contributed by atoms with E-state index in [0.717, 1.165) is 11.3 Å². The minimum absolute atomic E-state index is 0.000379. The molecule has 2 amide bonds. The van der Waals surface area contributed by atoms with Gasteiger partial charge < -0.3 is 25.2 Å². The van der Waals surface area contributed by atoms with Crippen LogP contribution in [0.25, 0.3) is 0 Å². The number of thioether (sulfide) groups is 1. The predicted octanol–water partition coefficient (Wildman–Crippen LogP) is 2.50. The van der Waals surface area contributed by atoms with Gasteiger partial charge >= 0.3 is 0 Å². The number of aromatic nitrogens is 1. The fraction of sp³-hybridized carbons (Fsp3) is 0.500. The second-order valence-corrected chi connectivity index (χ2v) is 10.9. The van der Waals surface area contributed by atoms with Gasteiger partial charge in [-0.25, -0.2) is 9.37 Å². The van der Waals surface area contributed by atoms with Crippen molar-refractivity contribution in [1.29, 1.82) is 0 Å². The van der Waals surface area contributed by atoms with Gasteiger partial charge in [0.2, 0.25) is 0 Å². The predicted molar refractivity (Wildman–Crippen MR) is 135 cm³/mol. The van der Waals surface area contributed by atoms with E-state index in [2.05, 4.69) is 29.5 Å². The van der Waals surface area contributed by atoms with Crippen molar-refractivity contribution >= 4 is 23.6 Å². The maximum atomic E-state index is 14.8. The van der Waals surface area contributed by atoms with E-state index in [1.54, 1.807) is 23.9 Å². The molecule has 2 atom stereocenters. The fourth-order valence-corrected chi connectivity index (χ4v) is 4.94. The van der Waals surface area contributed by atoms with Gasteiger partial charge in [0.25, 0.3) is 11.8 Å². The first-order valence-corrected chi connectivity index (χ1v) is 13.3. The maximum absolute atomic E-state index is 14.8. The SMILES string of the molecule is CC(C)SCCNC(=O)c1ccc(Cc2cc(C(=O)N[C@H]3CCOC[C@@H]3O)nc3c2OCC3)cc1F. The van der Waals surface area contributed by atoms with E-state index in [9.17, 15) is 19.1 Å². The normalized spacial score (nSPS) is 19.0. The molecule has 3 N–H and O–H groups in total. The summed E-state index contributed by atoms with van der Waals surface area (Å²) < 4.78 is 25.8. The molecule has 194 valence electrons. The quantitative estimate of drug-likeness (QED) is 0.439. The second-order valence-electron chi connectivity index (χ2n) is 9.22. The van der Waals surface area contributed by atoms with Crippen molar-refractivity contribution in [3.05, 3.63) is 58.2 Å². The number of ether oxygens (including phenoxy) is 2. The number of pyridine rings is 1. The van der Waals surface area contributed by atoms with Crippen LogP contribution in [0.1, 0.15) is 57.9 Å². The number of carbonyl (C=O) groups excluding carboxylic acids is 2. The van der Waals surface area contributed by atoms with Crippen molar-refractivity contribution in [2.45, 2.75) is 50.5 Å². The molecule has 1 aromatic heterocycles. The summed E-state index contributed by atoms with van der Waals surface area (Å²) in [6, 6.07) is 5.78. The van der Waals surface area contributed by atoms with Crippen molar-refractivity contribution in [2.24, 2.45) is 0 Å². The summed E-state index contributed by atoms with van der Waals surface area (Å²) in [5.41, 5.74) is 2.27. The summed E-state index contributed by atoms with van der Waals surface area (Å²) in [5.74, 6) is -0.0432. The third-order valence-electron chi connectivity index (χ3n) is 6.09. The molecule has 0 radical (unpaired) electrons. The van der Waals surface area contributed by atoms with Gasteiger partial charge in [0.1, 0.15) is 17.3 Å². The third kappa shape index (κ3) is 6.54. The first-order chi connectivity index (χ1) is 17.3. The summed E-state index contributed by atoms with van der Waals surface area (Å²) >= 11 is 1.73. The average Bonchev–Trinajstić information content (AvgIpc) is 3.32. The number of nitrogens with zero attached hydrogens (tertiary/aromatic N) is 1. The molecule has 1 aromatic carbocycles. The fourth-order valence-electron chi connectivity index (χ4n) is 4.25. The minimum Gasteiger partial charge on any atom is -0.491 e. The Balaban J connectivity index is 1.47. The van der Waals surface area contributed by atoms with E-state index in [-0.39, 0.29) is 23.8 Å². The molecule has 36 heavy (non-hydrogen) atoms. The van der Waals surface area contributed by atoms with Gasteiger partial charge in [-0.3, -0.25) is 9.59 Å². The molecule has 4 rings (SSSR count). The van der Waals surface area contributed by atoms with Crippen molar-refractivity contribution in [1.82, 2.24) is 15.6 Å². The van der Waals surface area contributed by atoms with Crippen LogP contribution in [0.5, 0.6) is 5.75 Å². The molecule has 0 aliphatic carbocycles. The van der Waals surface area contributed by atoms with Crippen molar-refractivity contribution < 1.29 is 28.6 Å². The number of amides is 2. The monoisotopic (exact) mass is 517 g/mol. The lowest BCUT2D eigenvalue weighted by molar-refractivity contribution is -0.0261. The van der Waals surface area contributed by atoms with E-state index >= 15 is 0 Å². The van der Waals surface area contributed by atoms with Gasteiger partial charge in [0, 0.05) is 37.3 Å². The largest absolute Gasteiger partial charge is 0.491 e. The van der Waals surface area contributed by atoms with Gasteiger partial charge in [0.15, 0.2) is 0 Å². The number of nitrogens with one attached hydrogen (secondary N) is 2. The van der Waals surface area contributed by atoms with E-state index in [4.69, 9.17) is 9.47 Å². The molecule has 2 aromatic rings. The number of halogens is 1. The maximum Gasteiger partial charge on any atom is 0.270 e.